The molecule has 0 saturated heterocycles. The van der Waals surface area contributed by atoms with Crippen LogP contribution >= 0.6 is 0 Å². The van der Waals surface area contributed by atoms with E-state index in [1.54, 1.807) is 60.7 Å². The maximum atomic E-state index is 11.8. The van der Waals surface area contributed by atoms with E-state index in [2.05, 4.69) is 0 Å². The van der Waals surface area contributed by atoms with Gasteiger partial charge in [-0.25, -0.2) is 0 Å². The van der Waals surface area contributed by atoms with Crippen LogP contribution in [0.1, 0.15) is 17.5 Å². The standard InChI is InChI=1S/C21H20O4/c22-18-11-7-16(8-12-18)3-1-5-20(24)15-21(25)6-2-4-17-9-13-19(23)14-10-17/h1-2,5-14,22-23H,3-4,15H2/b5-1-,6-2+. The highest BCUT2D eigenvalue weighted by atomic mass is 16.3. The normalized spacial score (nSPS) is 11.2. The Kier molecular flexibility index (Phi) is 6.72. The summed E-state index contributed by atoms with van der Waals surface area (Å²) in [6.07, 6.45) is 7.23. The Bertz CT molecular complexity index is 701. The van der Waals surface area contributed by atoms with Gasteiger partial charge in [-0.1, -0.05) is 36.4 Å². The molecule has 0 aliphatic rings. The summed E-state index contributed by atoms with van der Waals surface area (Å²) >= 11 is 0. The number of allylic oxidation sites excluding steroid dienone is 4. The van der Waals surface area contributed by atoms with E-state index in [1.165, 1.54) is 12.2 Å². The first-order valence-corrected chi connectivity index (χ1v) is 7.97. The number of carbonyl (C=O) groups excluding carboxylic acids is 2. The van der Waals surface area contributed by atoms with Gasteiger partial charge in [-0.15, -0.1) is 0 Å². The summed E-state index contributed by atoms with van der Waals surface area (Å²) in [5.74, 6) is -0.0712. The fraction of sp³-hybridized carbons (Fsp3) is 0.143. The van der Waals surface area contributed by atoms with Crippen LogP contribution in [0.15, 0.2) is 72.8 Å². The van der Waals surface area contributed by atoms with Crippen LogP contribution < -0.4 is 0 Å². The summed E-state index contributed by atoms with van der Waals surface area (Å²) in [5.41, 5.74) is 1.95. The van der Waals surface area contributed by atoms with Gasteiger partial charge < -0.3 is 10.2 Å². The second-order valence-corrected chi connectivity index (χ2v) is 5.66. The molecule has 4 heteroatoms. The zero-order chi connectivity index (χ0) is 18.1. The third-order valence-electron chi connectivity index (χ3n) is 3.54. The molecule has 0 atom stereocenters. The number of hydrogen-bond donors (Lipinski definition) is 2. The molecule has 0 bridgehead atoms. The SMILES string of the molecule is O=C(/C=C\Cc1ccc(O)cc1)CC(=O)/C=C/Cc1ccc(O)cc1. The third-order valence-corrected chi connectivity index (χ3v) is 3.54. The molecule has 0 aromatic heterocycles. The predicted molar refractivity (Wildman–Crippen MR) is 96.5 cm³/mol. The molecule has 0 aliphatic heterocycles. The Morgan fingerprint density at radius 2 is 1.04 bits per heavy atom. The summed E-state index contributed by atoms with van der Waals surface area (Å²) in [6.45, 7) is 0. The van der Waals surface area contributed by atoms with Crippen molar-refractivity contribution in [1.82, 2.24) is 0 Å². The van der Waals surface area contributed by atoms with E-state index in [0.29, 0.717) is 12.8 Å². The smallest absolute Gasteiger partial charge is 0.163 e. The van der Waals surface area contributed by atoms with Gasteiger partial charge in [0.1, 0.15) is 11.5 Å². The Balaban J connectivity index is 1.74. The van der Waals surface area contributed by atoms with E-state index < -0.39 is 0 Å². The van der Waals surface area contributed by atoms with Crippen molar-refractivity contribution in [2.24, 2.45) is 0 Å². The summed E-state index contributed by atoms with van der Waals surface area (Å²) in [4.78, 5) is 23.5. The van der Waals surface area contributed by atoms with E-state index in [-0.39, 0.29) is 29.5 Å². The minimum atomic E-state index is -0.238. The van der Waals surface area contributed by atoms with Gasteiger partial charge in [0.15, 0.2) is 11.6 Å². The molecule has 128 valence electrons. The maximum absolute atomic E-state index is 11.8. The van der Waals surface area contributed by atoms with Gasteiger partial charge >= 0.3 is 0 Å². The lowest BCUT2D eigenvalue weighted by Crippen LogP contribution is -2.02. The zero-order valence-corrected chi connectivity index (χ0v) is 13.8. The lowest BCUT2D eigenvalue weighted by molar-refractivity contribution is -0.121. The minimum Gasteiger partial charge on any atom is -0.508 e. The van der Waals surface area contributed by atoms with Gasteiger partial charge in [-0.05, 0) is 60.4 Å². The van der Waals surface area contributed by atoms with Gasteiger partial charge in [-0.3, -0.25) is 9.59 Å². The molecule has 0 amide bonds. The molecule has 2 N–H and O–H groups in total. The molecule has 2 rings (SSSR count). The number of ketones is 2. The number of benzene rings is 2. The molecule has 0 fully saturated rings. The average molecular weight is 336 g/mol. The Morgan fingerprint density at radius 1 is 0.680 bits per heavy atom. The van der Waals surface area contributed by atoms with Crippen LogP contribution in [0, 0.1) is 0 Å². The van der Waals surface area contributed by atoms with Crippen molar-refractivity contribution < 1.29 is 19.8 Å². The van der Waals surface area contributed by atoms with E-state index in [0.717, 1.165) is 11.1 Å². The van der Waals surface area contributed by atoms with Crippen molar-refractivity contribution in [3.8, 4) is 11.5 Å². The molecule has 0 heterocycles. The van der Waals surface area contributed by atoms with E-state index in [9.17, 15) is 19.8 Å². The fourth-order valence-electron chi connectivity index (χ4n) is 2.21. The van der Waals surface area contributed by atoms with Crippen molar-refractivity contribution in [1.29, 1.82) is 0 Å². The van der Waals surface area contributed by atoms with Gasteiger partial charge in [-0.2, -0.15) is 0 Å². The molecule has 2 aromatic carbocycles. The van der Waals surface area contributed by atoms with Crippen molar-refractivity contribution >= 4 is 11.6 Å². The van der Waals surface area contributed by atoms with Crippen LogP contribution in [0.3, 0.4) is 0 Å². The molecule has 4 nitrogen and oxygen atoms in total. The second kappa shape index (κ2) is 9.23. The fourth-order valence-corrected chi connectivity index (χ4v) is 2.21. The molecule has 0 radical (unpaired) electrons. The lowest BCUT2D eigenvalue weighted by atomic mass is 10.1. The van der Waals surface area contributed by atoms with Crippen LogP contribution in [0.4, 0.5) is 0 Å². The van der Waals surface area contributed by atoms with Crippen LogP contribution in [-0.4, -0.2) is 21.8 Å². The molecule has 2 aromatic rings. The molecule has 0 aliphatic carbocycles. The molecular formula is C21H20O4. The first-order valence-electron chi connectivity index (χ1n) is 7.97. The minimum absolute atomic E-state index is 0.155. The first-order chi connectivity index (χ1) is 12.0. The van der Waals surface area contributed by atoms with E-state index in [4.69, 9.17) is 0 Å². The summed E-state index contributed by atoms with van der Waals surface area (Å²) in [6, 6.07) is 13.5. The first kappa shape index (κ1) is 18.2. The van der Waals surface area contributed by atoms with Gasteiger partial charge in [0.25, 0.3) is 0 Å². The largest absolute Gasteiger partial charge is 0.508 e. The highest BCUT2D eigenvalue weighted by Crippen LogP contribution is 2.11. The summed E-state index contributed by atoms with van der Waals surface area (Å²) in [7, 11) is 0. The number of phenolic OH excluding ortho intramolecular Hbond substituents is 2. The highest BCUT2D eigenvalue weighted by Gasteiger charge is 2.03. The van der Waals surface area contributed by atoms with Gasteiger partial charge in [0, 0.05) is 0 Å². The summed E-state index contributed by atoms with van der Waals surface area (Å²) < 4.78 is 0. The van der Waals surface area contributed by atoms with Crippen molar-refractivity contribution in [2.45, 2.75) is 19.3 Å². The van der Waals surface area contributed by atoms with Crippen LogP contribution in [0.2, 0.25) is 0 Å². The van der Waals surface area contributed by atoms with E-state index >= 15 is 0 Å². The molecule has 0 saturated carbocycles. The van der Waals surface area contributed by atoms with Crippen molar-refractivity contribution in [2.75, 3.05) is 0 Å². The van der Waals surface area contributed by atoms with Gasteiger partial charge in [0.2, 0.25) is 0 Å². The monoisotopic (exact) mass is 336 g/mol. The molecule has 0 unspecified atom stereocenters. The topological polar surface area (TPSA) is 74.6 Å². The third kappa shape index (κ3) is 6.87. The molecule has 0 spiro atoms. The second-order valence-electron chi connectivity index (χ2n) is 5.66. The summed E-state index contributed by atoms with van der Waals surface area (Å²) in [5, 5.41) is 18.4. The van der Waals surface area contributed by atoms with Crippen LogP contribution in [0.5, 0.6) is 11.5 Å². The zero-order valence-electron chi connectivity index (χ0n) is 13.8. The maximum Gasteiger partial charge on any atom is 0.163 e. The number of phenols is 2. The number of hydrogen-bond acceptors (Lipinski definition) is 4. The number of aromatic hydroxyl groups is 2. The van der Waals surface area contributed by atoms with Crippen LogP contribution in [-0.2, 0) is 22.4 Å². The Hall–Kier alpha value is -3.14. The quantitative estimate of drug-likeness (QED) is 0.571. The Morgan fingerprint density at radius 3 is 1.40 bits per heavy atom. The predicted octanol–water partition coefficient (Wildman–Crippen LogP) is 3.52. The van der Waals surface area contributed by atoms with Crippen molar-refractivity contribution in [3.05, 3.63) is 84.0 Å². The lowest BCUT2D eigenvalue weighted by Gasteiger charge is -1.97. The highest BCUT2D eigenvalue weighted by molar-refractivity contribution is 6.08. The number of carbonyl (C=O) groups is 2. The van der Waals surface area contributed by atoms with E-state index in [1.807, 2.05) is 0 Å². The average Bonchev–Trinajstić information content (AvgIpc) is 2.58. The van der Waals surface area contributed by atoms with Crippen LogP contribution in [0.25, 0.3) is 0 Å². The Labute approximate surface area is 146 Å². The molecular weight excluding hydrogens is 316 g/mol. The number of rotatable bonds is 8. The van der Waals surface area contributed by atoms with Crippen molar-refractivity contribution in [3.63, 3.8) is 0 Å². The van der Waals surface area contributed by atoms with Gasteiger partial charge in [0.05, 0.1) is 6.42 Å². The molecule has 25 heavy (non-hydrogen) atoms.